The minimum atomic E-state index is -4.46. The second-order valence-electron chi connectivity index (χ2n) is 4.04. The van der Waals surface area contributed by atoms with Gasteiger partial charge in [-0.05, 0) is 32.2 Å². The highest BCUT2D eigenvalue weighted by molar-refractivity contribution is 5.92. The van der Waals surface area contributed by atoms with E-state index in [4.69, 9.17) is 4.74 Å². The van der Waals surface area contributed by atoms with Gasteiger partial charge in [0.2, 0.25) is 5.91 Å². The van der Waals surface area contributed by atoms with Gasteiger partial charge in [-0.15, -0.1) is 0 Å². The summed E-state index contributed by atoms with van der Waals surface area (Å²) >= 11 is 0. The van der Waals surface area contributed by atoms with Crippen LogP contribution in [0.2, 0.25) is 0 Å². The zero-order valence-corrected chi connectivity index (χ0v) is 11.3. The van der Waals surface area contributed by atoms with Crippen LogP contribution in [0.25, 0.3) is 0 Å². The van der Waals surface area contributed by atoms with E-state index >= 15 is 0 Å². The number of amides is 1. The van der Waals surface area contributed by atoms with Gasteiger partial charge in [-0.1, -0.05) is 0 Å². The second kappa shape index (κ2) is 7.14. The molecule has 0 fully saturated rings. The molecule has 1 aromatic carbocycles. The monoisotopic (exact) mass is 290 g/mol. The Kier molecular flexibility index (Phi) is 5.82. The molecule has 0 spiro atoms. The van der Waals surface area contributed by atoms with E-state index in [-0.39, 0.29) is 23.8 Å². The molecule has 4 nitrogen and oxygen atoms in total. The van der Waals surface area contributed by atoms with Crippen molar-refractivity contribution in [2.45, 2.75) is 19.5 Å². The smallest absolute Gasteiger partial charge is 0.416 e. The summed E-state index contributed by atoms with van der Waals surface area (Å²) in [5.74, 6) is -0.155. The summed E-state index contributed by atoms with van der Waals surface area (Å²) in [6, 6.07) is 3.01. The predicted molar refractivity (Wildman–Crippen MR) is 69.8 cm³/mol. The molecule has 1 aromatic rings. The SMILES string of the molecule is CCOc1ccc(C(F)(F)F)cc1NC(=O)CCNC. The Bertz CT molecular complexity index is 461. The maximum atomic E-state index is 12.7. The number of ether oxygens (including phenoxy) is 1. The fraction of sp³-hybridized carbons (Fsp3) is 0.462. The number of carbonyl (C=O) groups is 1. The summed E-state index contributed by atoms with van der Waals surface area (Å²) in [4.78, 5) is 11.6. The van der Waals surface area contributed by atoms with Crippen LogP contribution >= 0.6 is 0 Å². The van der Waals surface area contributed by atoms with Gasteiger partial charge in [-0.25, -0.2) is 0 Å². The van der Waals surface area contributed by atoms with Crippen LogP contribution in [0.4, 0.5) is 18.9 Å². The second-order valence-corrected chi connectivity index (χ2v) is 4.04. The van der Waals surface area contributed by atoms with Crippen LogP contribution in [0.15, 0.2) is 18.2 Å². The lowest BCUT2D eigenvalue weighted by atomic mass is 10.1. The zero-order chi connectivity index (χ0) is 15.2. The summed E-state index contributed by atoms with van der Waals surface area (Å²) < 4.78 is 43.2. The molecule has 0 aliphatic carbocycles. The van der Waals surface area contributed by atoms with Crippen molar-refractivity contribution in [1.29, 1.82) is 0 Å². The van der Waals surface area contributed by atoms with E-state index < -0.39 is 11.7 Å². The van der Waals surface area contributed by atoms with Crippen molar-refractivity contribution in [3.05, 3.63) is 23.8 Å². The molecule has 0 saturated heterocycles. The standard InChI is InChI=1S/C13H17F3N2O2/c1-3-20-11-5-4-9(13(14,15)16)8-10(11)18-12(19)6-7-17-2/h4-5,8,17H,3,6-7H2,1-2H3,(H,18,19). The van der Waals surface area contributed by atoms with E-state index in [1.54, 1.807) is 14.0 Å². The third-order valence-corrected chi connectivity index (χ3v) is 2.48. The molecular formula is C13H17F3N2O2. The Morgan fingerprint density at radius 3 is 2.60 bits per heavy atom. The van der Waals surface area contributed by atoms with Gasteiger partial charge >= 0.3 is 6.18 Å². The number of nitrogens with one attached hydrogen (secondary N) is 2. The predicted octanol–water partition coefficient (Wildman–Crippen LogP) is 2.65. The topological polar surface area (TPSA) is 50.4 Å². The van der Waals surface area contributed by atoms with Crippen molar-refractivity contribution < 1.29 is 22.7 Å². The van der Waals surface area contributed by atoms with Crippen LogP contribution in [-0.2, 0) is 11.0 Å². The molecule has 7 heteroatoms. The summed E-state index contributed by atoms with van der Waals surface area (Å²) in [5.41, 5.74) is -0.798. The molecule has 0 aromatic heterocycles. The van der Waals surface area contributed by atoms with Crippen LogP contribution in [0.1, 0.15) is 18.9 Å². The Morgan fingerprint density at radius 2 is 2.05 bits per heavy atom. The molecule has 1 amide bonds. The van der Waals surface area contributed by atoms with Gasteiger partial charge in [0.1, 0.15) is 5.75 Å². The average Bonchev–Trinajstić information content (AvgIpc) is 2.37. The number of anilines is 1. The first-order valence-electron chi connectivity index (χ1n) is 6.17. The van der Waals surface area contributed by atoms with Crippen molar-refractivity contribution in [2.24, 2.45) is 0 Å². The summed E-state index contributed by atoms with van der Waals surface area (Å²) in [5, 5.41) is 5.23. The normalized spacial score (nSPS) is 11.2. The van der Waals surface area contributed by atoms with Crippen molar-refractivity contribution in [3.63, 3.8) is 0 Å². The lowest BCUT2D eigenvalue weighted by Gasteiger charge is -2.14. The summed E-state index contributed by atoms with van der Waals surface area (Å²) in [7, 11) is 1.68. The molecule has 0 bridgehead atoms. The van der Waals surface area contributed by atoms with Crippen molar-refractivity contribution >= 4 is 11.6 Å². The van der Waals surface area contributed by atoms with Crippen molar-refractivity contribution in [1.82, 2.24) is 5.32 Å². The van der Waals surface area contributed by atoms with Crippen LogP contribution < -0.4 is 15.4 Å². The molecule has 112 valence electrons. The number of benzene rings is 1. The number of alkyl halides is 3. The number of rotatable bonds is 6. The minimum absolute atomic E-state index is 0.0304. The highest BCUT2D eigenvalue weighted by atomic mass is 19.4. The van der Waals surface area contributed by atoms with Crippen molar-refractivity contribution in [2.75, 3.05) is 25.5 Å². The van der Waals surface area contributed by atoms with E-state index in [0.29, 0.717) is 13.2 Å². The molecule has 20 heavy (non-hydrogen) atoms. The Labute approximate surface area is 115 Å². The lowest BCUT2D eigenvalue weighted by molar-refractivity contribution is -0.137. The Balaban J connectivity index is 2.96. The molecule has 1 rings (SSSR count). The molecule has 0 heterocycles. The summed E-state index contributed by atoms with van der Waals surface area (Å²) in [6.07, 6.45) is -4.30. The first-order chi connectivity index (χ1) is 9.38. The first kappa shape index (κ1) is 16.3. The van der Waals surface area contributed by atoms with Crippen LogP contribution in [0, 0.1) is 0 Å². The molecule has 2 N–H and O–H groups in total. The maximum absolute atomic E-state index is 12.7. The Morgan fingerprint density at radius 1 is 1.35 bits per heavy atom. The molecule has 0 atom stereocenters. The van der Waals surface area contributed by atoms with Gasteiger partial charge < -0.3 is 15.4 Å². The molecule has 0 aliphatic rings. The zero-order valence-electron chi connectivity index (χ0n) is 11.3. The lowest BCUT2D eigenvalue weighted by Crippen LogP contribution is -2.19. The van der Waals surface area contributed by atoms with Gasteiger partial charge in [0, 0.05) is 13.0 Å². The summed E-state index contributed by atoms with van der Waals surface area (Å²) in [6.45, 7) is 2.45. The highest BCUT2D eigenvalue weighted by Crippen LogP contribution is 2.35. The Hall–Kier alpha value is -1.76. The van der Waals surface area contributed by atoms with Gasteiger partial charge in [0.15, 0.2) is 0 Å². The van der Waals surface area contributed by atoms with E-state index in [1.807, 2.05) is 0 Å². The highest BCUT2D eigenvalue weighted by Gasteiger charge is 2.31. The minimum Gasteiger partial charge on any atom is -0.492 e. The number of carbonyl (C=O) groups excluding carboxylic acids is 1. The maximum Gasteiger partial charge on any atom is 0.416 e. The van der Waals surface area contributed by atoms with E-state index in [1.165, 1.54) is 6.07 Å². The van der Waals surface area contributed by atoms with E-state index in [0.717, 1.165) is 12.1 Å². The molecule has 0 unspecified atom stereocenters. The largest absolute Gasteiger partial charge is 0.492 e. The van der Waals surface area contributed by atoms with E-state index in [2.05, 4.69) is 10.6 Å². The first-order valence-corrected chi connectivity index (χ1v) is 6.17. The average molecular weight is 290 g/mol. The molecular weight excluding hydrogens is 273 g/mol. The van der Waals surface area contributed by atoms with Gasteiger partial charge in [-0.3, -0.25) is 4.79 Å². The van der Waals surface area contributed by atoms with Gasteiger partial charge in [0.05, 0.1) is 17.9 Å². The van der Waals surface area contributed by atoms with Crippen LogP contribution in [0.3, 0.4) is 0 Å². The third-order valence-electron chi connectivity index (χ3n) is 2.48. The van der Waals surface area contributed by atoms with E-state index in [9.17, 15) is 18.0 Å². The fourth-order valence-corrected chi connectivity index (χ4v) is 1.54. The van der Waals surface area contributed by atoms with Crippen molar-refractivity contribution in [3.8, 4) is 5.75 Å². The third kappa shape index (κ3) is 4.73. The van der Waals surface area contributed by atoms with Gasteiger partial charge in [-0.2, -0.15) is 13.2 Å². The molecule has 0 aliphatic heterocycles. The molecule has 0 radical (unpaired) electrons. The van der Waals surface area contributed by atoms with Crippen LogP contribution in [0.5, 0.6) is 5.75 Å². The number of hydrogen-bond acceptors (Lipinski definition) is 3. The number of halogens is 3. The molecule has 0 saturated carbocycles. The van der Waals surface area contributed by atoms with Crippen LogP contribution in [-0.4, -0.2) is 26.1 Å². The number of hydrogen-bond donors (Lipinski definition) is 2. The fourth-order valence-electron chi connectivity index (χ4n) is 1.54. The quantitative estimate of drug-likeness (QED) is 0.847. The van der Waals surface area contributed by atoms with Gasteiger partial charge in [0.25, 0.3) is 0 Å².